The highest BCUT2D eigenvalue weighted by molar-refractivity contribution is 5.42. The molecule has 5 N–H and O–H groups in total. The summed E-state index contributed by atoms with van der Waals surface area (Å²) in [5.41, 5.74) is 2.54. The Morgan fingerprint density at radius 3 is 1.31 bits per heavy atom. The fourth-order valence-corrected chi connectivity index (χ4v) is 8.59. The van der Waals surface area contributed by atoms with Gasteiger partial charge in [-0.05, 0) is 187 Å². The molecule has 7 rings (SSSR count). The standard InChI is InChI=1S/C10H15N.C9H13N.C8H18N2.2C8H17N.2C7H15N.2C2H6.CH4/c1-9(2)11-8-10-6-4-3-5-7-10;1-8(2)10-9-6-4-3-5-7-9;1-8(2)10-6-4-9(3)5-7-10;1-7(2)8-3-5-9-6-4-8;1-7(2)8-5-3-4-6-9-8;1-6(2)7-3-4-8-5-7;1-7(2)8-5-3-4-6-8;2*1-2;/h3-7,9,11H,8H2,1-2H3;3-8,10H,1-2H3;8H,4-7H2,1-3H3;2*7-9H,3-6H2,1-2H3;6-8H,3-5H2,1-2H3;7H,3-6H2,1-2H3;2*1-2H3;1H4. The van der Waals surface area contributed by atoms with Gasteiger partial charge < -0.3 is 36.4 Å². The average molecular weight is 984 g/mol. The molecule has 8 nitrogen and oxygen atoms in total. The molecule has 5 aliphatic rings. The average Bonchev–Trinajstić information content (AvgIpc) is 4.12. The Balaban J connectivity index is -0.000000739. The Morgan fingerprint density at radius 2 is 0.971 bits per heavy atom. The van der Waals surface area contributed by atoms with E-state index in [4.69, 9.17) is 0 Å². The molecule has 8 heteroatoms. The summed E-state index contributed by atoms with van der Waals surface area (Å²) >= 11 is 0. The van der Waals surface area contributed by atoms with Crippen molar-refractivity contribution in [3.63, 3.8) is 0 Å². The number of rotatable bonds is 10. The first-order chi connectivity index (χ1) is 33.0. The van der Waals surface area contributed by atoms with Gasteiger partial charge in [0.2, 0.25) is 0 Å². The van der Waals surface area contributed by atoms with E-state index in [1.54, 1.807) is 0 Å². The molecule has 2 unspecified atom stereocenters. The zero-order valence-corrected chi connectivity index (χ0v) is 49.5. The molecule has 0 radical (unpaired) electrons. The molecule has 0 aliphatic carbocycles. The van der Waals surface area contributed by atoms with Crippen LogP contribution in [0.3, 0.4) is 0 Å². The number of hydrogen-bond donors (Lipinski definition) is 5. The lowest BCUT2D eigenvalue weighted by Crippen LogP contribution is -2.47. The van der Waals surface area contributed by atoms with Crippen molar-refractivity contribution in [2.45, 2.75) is 220 Å². The van der Waals surface area contributed by atoms with Crippen LogP contribution in [-0.4, -0.2) is 124 Å². The number of piperidine rings is 2. The van der Waals surface area contributed by atoms with Gasteiger partial charge >= 0.3 is 0 Å². The summed E-state index contributed by atoms with van der Waals surface area (Å²) in [6.45, 7) is 54.3. The lowest BCUT2D eigenvalue weighted by Gasteiger charge is -2.34. The normalized spacial score (nSPS) is 19.3. The molecule has 0 bridgehead atoms. The van der Waals surface area contributed by atoms with Crippen molar-refractivity contribution in [1.29, 1.82) is 0 Å². The maximum absolute atomic E-state index is 3.52. The molecule has 2 aromatic rings. The first kappa shape index (κ1) is 72.2. The SMILES string of the molecule is C.CC.CC.CC(C)C1CCCCN1.CC(C)C1CCNC1.CC(C)C1CCNCC1.CC(C)N1CCCC1.CC(C)N1CCN(C)CC1.CC(C)NCc1ccccc1.CC(C)Nc1ccccc1. The number of likely N-dealkylation sites (tertiary alicyclic amines) is 1. The maximum Gasteiger partial charge on any atom is 0.0342 e. The highest BCUT2D eigenvalue weighted by Crippen LogP contribution is 2.20. The van der Waals surface area contributed by atoms with Crippen LogP contribution < -0.4 is 26.6 Å². The summed E-state index contributed by atoms with van der Waals surface area (Å²) in [7, 11) is 2.19. The first-order valence-electron chi connectivity index (χ1n) is 28.9. The van der Waals surface area contributed by atoms with Crippen LogP contribution in [0.25, 0.3) is 0 Å². The molecule has 2 atom stereocenters. The van der Waals surface area contributed by atoms with Gasteiger partial charge in [0.05, 0.1) is 0 Å². The number of nitrogens with one attached hydrogen (secondary N) is 5. The molecule has 0 aromatic heterocycles. The van der Waals surface area contributed by atoms with E-state index in [1.165, 1.54) is 135 Å². The molecule has 0 amide bonds. The van der Waals surface area contributed by atoms with E-state index >= 15 is 0 Å². The van der Waals surface area contributed by atoms with Crippen molar-refractivity contribution >= 4 is 5.69 Å². The van der Waals surface area contributed by atoms with Crippen LogP contribution in [0.2, 0.25) is 0 Å². The monoisotopic (exact) mass is 983 g/mol. The molecule has 0 saturated carbocycles. The summed E-state index contributed by atoms with van der Waals surface area (Å²) in [5.74, 6) is 4.55. The third-order valence-corrected chi connectivity index (χ3v) is 13.4. The zero-order valence-electron chi connectivity index (χ0n) is 49.5. The number of para-hydroxylation sites is 1. The van der Waals surface area contributed by atoms with E-state index in [2.05, 4.69) is 182 Å². The topological polar surface area (TPSA) is 69.9 Å². The van der Waals surface area contributed by atoms with E-state index in [0.29, 0.717) is 12.1 Å². The molecule has 5 aliphatic heterocycles. The summed E-state index contributed by atoms with van der Waals surface area (Å²) in [6, 6.07) is 24.1. The summed E-state index contributed by atoms with van der Waals surface area (Å²) in [4.78, 5) is 7.44. The molecular formula is C62H126N8. The Morgan fingerprint density at radius 1 is 0.500 bits per heavy atom. The molecule has 5 heterocycles. The number of benzene rings is 2. The lowest BCUT2D eigenvalue weighted by atomic mass is 9.87. The first-order valence-corrected chi connectivity index (χ1v) is 28.9. The fraction of sp³-hybridized carbons (Fsp3) is 0.806. The highest BCUT2D eigenvalue weighted by atomic mass is 15.3. The third-order valence-electron chi connectivity index (χ3n) is 13.4. The van der Waals surface area contributed by atoms with Crippen LogP contribution in [0.1, 0.15) is 189 Å². The molecule has 5 saturated heterocycles. The van der Waals surface area contributed by atoms with Crippen molar-refractivity contribution in [3.8, 4) is 0 Å². The van der Waals surface area contributed by atoms with Crippen molar-refractivity contribution in [3.05, 3.63) is 66.2 Å². The van der Waals surface area contributed by atoms with Crippen molar-refractivity contribution < 1.29 is 0 Å². The van der Waals surface area contributed by atoms with Gasteiger partial charge in [0.15, 0.2) is 0 Å². The second-order valence-corrected chi connectivity index (χ2v) is 21.6. The minimum absolute atomic E-state index is 0. The molecule has 414 valence electrons. The largest absolute Gasteiger partial charge is 0.383 e. The predicted molar refractivity (Wildman–Crippen MR) is 320 cm³/mol. The second kappa shape index (κ2) is 47.9. The van der Waals surface area contributed by atoms with Crippen LogP contribution in [0.5, 0.6) is 0 Å². The highest BCUT2D eigenvalue weighted by Gasteiger charge is 2.18. The van der Waals surface area contributed by atoms with E-state index in [9.17, 15) is 0 Å². The Labute approximate surface area is 440 Å². The molecule has 70 heavy (non-hydrogen) atoms. The van der Waals surface area contributed by atoms with Crippen LogP contribution in [0, 0.1) is 29.6 Å². The quantitative estimate of drug-likeness (QED) is 0.161. The van der Waals surface area contributed by atoms with E-state index in [1.807, 2.05) is 52.0 Å². The number of likely N-dealkylation sites (N-methyl/N-ethyl adjacent to an activating group) is 1. The summed E-state index contributed by atoms with van der Waals surface area (Å²) in [6.07, 6.45) is 11.2. The van der Waals surface area contributed by atoms with Crippen LogP contribution in [-0.2, 0) is 6.54 Å². The Hall–Kier alpha value is -2.04. The van der Waals surface area contributed by atoms with Gasteiger partial charge in [0, 0.05) is 68.6 Å². The van der Waals surface area contributed by atoms with Crippen LogP contribution >= 0.6 is 0 Å². The van der Waals surface area contributed by atoms with Gasteiger partial charge in [-0.25, -0.2) is 0 Å². The van der Waals surface area contributed by atoms with Crippen molar-refractivity contribution in [1.82, 2.24) is 36.0 Å². The summed E-state index contributed by atoms with van der Waals surface area (Å²) < 4.78 is 0. The van der Waals surface area contributed by atoms with Crippen molar-refractivity contribution in [2.75, 3.05) is 84.4 Å². The van der Waals surface area contributed by atoms with Gasteiger partial charge in [-0.15, -0.1) is 0 Å². The third kappa shape index (κ3) is 40.4. The number of piperazine rings is 1. The minimum Gasteiger partial charge on any atom is -0.383 e. The minimum atomic E-state index is 0. The number of anilines is 1. The van der Waals surface area contributed by atoms with E-state index in [0.717, 1.165) is 54.3 Å². The van der Waals surface area contributed by atoms with E-state index in [-0.39, 0.29) is 7.43 Å². The van der Waals surface area contributed by atoms with Crippen LogP contribution in [0.15, 0.2) is 60.7 Å². The molecule has 0 spiro atoms. The predicted octanol–water partition coefficient (Wildman–Crippen LogP) is 14.2. The Bertz CT molecular complexity index is 1240. The van der Waals surface area contributed by atoms with Crippen molar-refractivity contribution in [2.24, 2.45) is 29.6 Å². The smallest absolute Gasteiger partial charge is 0.0342 e. The number of nitrogens with zero attached hydrogens (tertiary/aromatic N) is 3. The number of hydrogen-bond acceptors (Lipinski definition) is 8. The fourth-order valence-electron chi connectivity index (χ4n) is 8.59. The Kier molecular flexibility index (Phi) is 49.4. The molecule has 5 fully saturated rings. The molecular weight excluding hydrogens is 857 g/mol. The second-order valence-electron chi connectivity index (χ2n) is 21.6. The maximum atomic E-state index is 3.52. The van der Waals surface area contributed by atoms with Gasteiger partial charge in [0.25, 0.3) is 0 Å². The summed E-state index contributed by atoms with van der Waals surface area (Å²) in [5, 5.41) is 16.9. The van der Waals surface area contributed by atoms with Gasteiger partial charge in [-0.1, -0.05) is 145 Å². The van der Waals surface area contributed by atoms with E-state index < -0.39 is 0 Å². The molecule has 2 aromatic carbocycles. The van der Waals surface area contributed by atoms with Gasteiger partial charge in [0.1, 0.15) is 0 Å². The zero-order chi connectivity index (χ0) is 52.4. The van der Waals surface area contributed by atoms with Gasteiger partial charge in [-0.3, -0.25) is 4.90 Å². The van der Waals surface area contributed by atoms with Crippen LogP contribution in [0.4, 0.5) is 5.69 Å². The lowest BCUT2D eigenvalue weighted by molar-refractivity contribution is 0.126. The van der Waals surface area contributed by atoms with Gasteiger partial charge in [-0.2, -0.15) is 0 Å².